The molecule has 100 valence electrons. The number of hydrogen-bond donors (Lipinski definition) is 0. The molecule has 1 nitrogen and oxygen atoms in total. The fraction of sp³-hybridized carbons (Fsp3) is 0.625. The normalized spacial score (nSPS) is 18.1. The van der Waals surface area contributed by atoms with E-state index < -0.39 is 0 Å². The fourth-order valence-corrected chi connectivity index (χ4v) is 3.39. The SMILES string of the molecule is CC(C)(C)C1CCN(c2ccccc2CBr)CC1. The van der Waals surface area contributed by atoms with Crippen molar-refractivity contribution in [1.82, 2.24) is 0 Å². The highest BCUT2D eigenvalue weighted by molar-refractivity contribution is 9.08. The molecule has 0 spiro atoms. The van der Waals surface area contributed by atoms with E-state index in [1.54, 1.807) is 0 Å². The standard InChI is InChI=1S/C16H24BrN/c1-16(2,3)14-8-10-18(11-9-14)15-7-5-4-6-13(15)12-17/h4-7,14H,8-12H2,1-3H3. The van der Waals surface area contributed by atoms with Gasteiger partial charge >= 0.3 is 0 Å². The van der Waals surface area contributed by atoms with Gasteiger partial charge in [-0.1, -0.05) is 54.9 Å². The van der Waals surface area contributed by atoms with Crippen LogP contribution in [0, 0.1) is 11.3 Å². The lowest BCUT2D eigenvalue weighted by atomic mass is 9.75. The van der Waals surface area contributed by atoms with Crippen molar-refractivity contribution in [3.63, 3.8) is 0 Å². The Balaban J connectivity index is 2.06. The lowest BCUT2D eigenvalue weighted by molar-refractivity contribution is 0.199. The van der Waals surface area contributed by atoms with Gasteiger partial charge in [0.05, 0.1) is 0 Å². The van der Waals surface area contributed by atoms with Crippen molar-refractivity contribution in [2.45, 2.75) is 38.9 Å². The second kappa shape index (κ2) is 5.64. The Morgan fingerprint density at radius 1 is 1.17 bits per heavy atom. The lowest BCUT2D eigenvalue weighted by Crippen LogP contribution is -2.38. The molecule has 1 aliphatic rings. The molecule has 0 atom stereocenters. The summed E-state index contributed by atoms with van der Waals surface area (Å²) in [5, 5.41) is 0.947. The van der Waals surface area contributed by atoms with Crippen LogP contribution in [0.25, 0.3) is 0 Å². The molecule has 18 heavy (non-hydrogen) atoms. The van der Waals surface area contributed by atoms with E-state index in [9.17, 15) is 0 Å². The van der Waals surface area contributed by atoms with Crippen LogP contribution in [0.15, 0.2) is 24.3 Å². The van der Waals surface area contributed by atoms with Gasteiger partial charge in [0.15, 0.2) is 0 Å². The zero-order valence-corrected chi connectivity index (χ0v) is 13.3. The smallest absolute Gasteiger partial charge is 0.0407 e. The third-order valence-corrected chi connectivity index (χ3v) is 4.80. The summed E-state index contributed by atoms with van der Waals surface area (Å²) >= 11 is 3.59. The van der Waals surface area contributed by atoms with Gasteiger partial charge in [-0.3, -0.25) is 0 Å². The number of anilines is 1. The van der Waals surface area contributed by atoms with E-state index in [1.807, 2.05) is 0 Å². The van der Waals surface area contributed by atoms with Gasteiger partial charge in [0.1, 0.15) is 0 Å². The van der Waals surface area contributed by atoms with Gasteiger partial charge in [-0.25, -0.2) is 0 Å². The van der Waals surface area contributed by atoms with Crippen molar-refractivity contribution >= 4 is 21.6 Å². The molecular formula is C16H24BrN. The van der Waals surface area contributed by atoms with Crippen LogP contribution < -0.4 is 4.90 Å². The van der Waals surface area contributed by atoms with Crippen molar-refractivity contribution in [1.29, 1.82) is 0 Å². The first-order valence-corrected chi connectivity index (χ1v) is 8.03. The molecule has 2 heteroatoms. The van der Waals surface area contributed by atoms with E-state index in [-0.39, 0.29) is 0 Å². The first-order chi connectivity index (χ1) is 8.52. The molecule has 1 aromatic carbocycles. The minimum Gasteiger partial charge on any atom is -0.371 e. The molecule has 0 saturated carbocycles. The van der Waals surface area contributed by atoms with Gasteiger partial charge in [0, 0.05) is 24.1 Å². The van der Waals surface area contributed by atoms with Crippen LogP contribution in [0.2, 0.25) is 0 Å². The van der Waals surface area contributed by atoms with E-state index >= 15 is 0 Å². The minimum absolute atomic E-state index is 0.459. The molecule has 0 N–H and O–H groups in total. The Kier molecular flexibility index (Phi) is 4.37. The molecular weight excluding hydrogens is 286 g/mol. The number of piperidine rings is 1. The number of rotatable bonds is 2. The van der Waals surface area contributed by atoms with Crippen LogP contribution in [0.1, 0.15) is 39.2 Å². The maximum Gasteiger partial charge on any atom is 0.0407 e. The van der Waals surface area contributed by atoms with E-state index in [2.05, 4.69) is 65.9 Å². The minimum atomic E-state index is 0.459. The lowest BCUT2D eigenvalue weighted by Gasteiger charge is -2.40. The summed E-state index contributed by atoms with van der Waals surface area (Å²) in [5.74, 6) is 0.866. The van der Waals surface area contributed by atoms with E-state index in [1.165, 1.54) is 37.2 Å². The molecule has 1 fully saturated rings. The van der Waals surface area contributed by atoms with Crippen molar-refractivity contribution in [2.75, 3.05) is 18.0 Å². The maximum absolute atomic E-state index is 3.59. The highest BCUT2D eigenvalue weighted by Crippen LogP contribution is 2.36. The Hall–Kier alpha value is -0.500. The Labute approximate surface area is 120 Å². The zero-order valence-electron chi connectivity index (χ0n) is 11.7. The van der Waals surface area contributed by atoms with Crippen molar-refractivity contribution in [3.8, 4) is 0 Å². The quantitative estimate of drug-likeness (QED) is 0.706. The summed E-state index contributed by atoms with van der Waals surface area (Å²) in [6, 6.07) is 8.76. The summed E-state index contributed by atoms with van der Waals surface area (Å²) in [7, 11) is 0. The molecule has 0 unspecified atom stereocenters. The van der Waals surface area contributed by atoms with Crippen LogP contribution in [0.4, 0.5) is 5.69 Å². The van der Waals surface area contributed by atoms with Gasteiger partial charge in [0.2, 0.25) is 0 Å². The van der Waals surface area contributed by atoms with Crippen LogP contribution in [-0.4, -0.2) is 13.1 Å². The molecule has 0 aromatic heterocycles. The van der Waals surface area contributed by atoms with Crippen LogP contribution in [-0.2, 0) is 5.33 Å². The number of alkyl halides is 1. The van der Waals surface area contributed by atoms with Gasteiger partial charge < -0.3 is 4.90 Å². The Morgan fingerprint density at radius 2 is 1.78 bits per heavy atom. The van der Waals surface area contributed by atoms with E-state index in [0.717, 1.165) is 11.2 Å². The van der Waals surface area contributed by atoms with Crippen LogP contribution in [0.5, 0.6) is 0 Å². The van der Waals surface area contributed by atoms with Crippen LogP contribution >= 0.6 is 15.9 Å². The molecule has 1 aliphatic heterocycles. The maximum atomic E-state index is 3.59. The molecule has 0 amide bonds. The number of hydrogen-bond acceptors (Lipinski definition) is 1. The van der Waals surface area contributed by atoms with Gasteiger partial charge in [-0.05, 0) is 35.8 Å². The summed E-state index contributed by atoms with van der Waals surface area (Å²) in [5.41, 5.74) is 3.29. The topological polar surface area (TPSA) is 3.24 Å². The molecule has 1 heterocycles. The second-order valence-electron chi connectivity index (χ2n) is 6.39. The summed E-state index contributed by atoms with van der Waals surface area (Å²) in [6.45, 7) is 9.52. The van der Waals surface area contributed by atoms with Gasteiger partial charge in [0.25, 0.3) is 0 Å². The monoisotopic (exact) mass is 309 g/mol. The highest BCUT2D eigenvalue weighted by atomic mass is 79.9. The van der Waals surface area contributed by atoms with Crippen molar-refractivity contribution in [2.24, 2.45) is 11.3 Å². The number of nitrogens with zero attached hydrogens (tertiary/aromatic N) is 1. The fourth-order valence-electron chi connectivity index (χ4n) is 2.92. The predicted octanol–water partition coefficient (Wildman–Crippen LogP) is 4.84. The predicted molar refractivity (Wildman–Crippen MR) is 83.5 cm³/mol. The van der Waals surface area contributed by atoms with Crippen molar-refractivity contribution < 1.29 is 0 Å². The Morgan fingerprint density at radius 3 is 2.33 bits per heavy atom. The van der Waals surface area contributed by atoms with E-state index in [0.29, 0.717) is 5.41 Å². The van der Waals surface area contributed by atoms with E-state index in [4.69, 9.17) is 0 Å². The average Bonchev–Trinajstić information content (AvgIpc) is 2.38. The third kappa shape index (κ3) is 3.09. The number of halogens is 1. The molecule has 1 saturated heterocycles. The largest absolute Gasteiger partial charge is 0.371 e. The number of para-hydroxylation sites is 1. The summed E-state index contributed by atoms with van der Waals surface area (Å²) < 4.78 is 0. The molecule has 0 aliphatic carbocycles. The summed E-state index contributed by atoms with van der Waals surface area (Å²) in [6.07, 6.45) is 2.64. The molecule has 0 bridgehead atoms. The average molecular weight is 310 g/mol. The summed E-state index contributed by atoms with van der Waals surface area (Å²) in [4.78, 5) is 2.55. The van der Waals surface area contributed by atoms with Crippen molar-refractivity contribution in [3.05, 3.63) is 29.8 Å². The second-order valence-corrected chi connectivity index (χ2v) is 6.95. The zero-order chi connectivity index (χ0) is 13.2. The van der Waals surface area contributed by atoms with Gasteiger partial charge in [-0.2, -0.15) is 0 Å². The Bertz CT molecular complexity index is 386. The molecule has 0 radical (unpaired) electrons. The van der Waals surface area contributed by atoms with Gasteiger partial charge in [-0.15, -0.1) is 0 Å². The molecule has 2 rings (SSSR count). The van der Waals surface area contributed by atoms with Crippen LogP contribution in [0.3, 0.4) is 0 Å². The first kappa shape index (κ1) is 13.9. The first-order valence-electron chi connectivity index (χ1n) is 6.91. The molecule has 1 aromatic rings. The highest BCUT2D eigenvalue weighted by Gasteiger charge is 2.29. The third-order valence-electron chi connectivity index (χ3n) is 4.20. The number of benzene rings is 1.